The van der Waals surface area contributed by atoms with Gasteiger partial charge in [-0.05, 0) is 19.4 Å². The first-order valence-electron chi connectivity index (χ1n) is 5.23. The lowest BCUT2D eigenvalue weighted by atomic mass is 9.98. The van der Waals surface area contributed by atoms with Crippen molar-refractivity contribution in [2.75, 3.05) is 0 Å². The Kier molecular flexibility index (Phi) is 3.83. The lowest BCUT2D eigenvalue weighted by Gasteiger charge is -2.24. The van der Waals surface area contributed by atoms with Gasteiger partial charge in [0.2, 0.25) is 0 Å². The number of hydrogen-bond acceptors (Lipinski definition) is 4. The predicted molar refractivity (Wildman–Crippen MR) is 62.6 cm³/mol. The van der Waals surface area contributed by atoms with Gasteiger partial charge in [0, 0.05) is 25.5 Å². The van der Waals surface area contributed by atoms with Gasteiger partial charge in [-0.3, -0.25) is 14.9 Å². The van der Waals surface area contributed by atoms with E-state index >= 15 is 0 Å². The molecular weight excluding hydrogens is 222 g/mol. The Balaban J connectivity index is 2.84. The predicted octanol–water partition coefficient (Wildman–Crippen LogP) is 2.48. The van der Waals surface area contributed by atoms with E-state index in [1.54, 1.807) is 26.0 Å². The Bertz CT molecular complexity index is 440. The summed E-state index contributed by atoms with van der Waals surface area (Å²) in [6, 6.07) is 6.32. The van der Waals surface area contributed by atoms with E-state index in [4.69, 9.17) is 4.74 Å². The topological polar surface area (TPSA) is 69.4 Å². The molecule has 5 nitrogen and oxygen atoms in total. The first-order chi connectivity index (χ1) is 7.80. The molecule has 5 heteroatoms. The molecule has 0 bridgehead atoms. The first-order valence-corrected chi connectivity index (χ1v) is 5.23. The van der Waals surface area contributed by atoms with Crippen molar-refractivity contribution < 1.29 is 14.5 Å². The largest absolute Gasteiger partial charge is 0.460 e. The number of rotatable bonds is 4. The van der Waals surface area contributed by atoms with Crippen LogP contribution < -0.4 is 0 Å². The van der Waals surface area contributed by atoms with E-state index in [0.29, 0.717) is 6.42 Å². The van der Waals surface area contributed by atoms with Gasteiger partial charge in [-0.15, -0.1) is 0 Å². The molecule has 0 radical (unpaired) electrons. The van der Waals surface area contributed by atoms with Crippen molar-refractivity contribution in [2.24, 2.45) is 0 Å². The van der Waals surface area contributed by atoms with Crippen LogP contribution in [0.1, 0.15) is 26.3 Å². The molecule has 0 aliphatic carbocycles. The van der Waals surface area contributed by atoms with Gasteiger partial charge >= 0.3 is 5.97 Å². The Hall–Kier alpha value is -1.91. The van der Waals surface area contributed by atoms with Gasteiger partial charge in [0.05, 0.1) is 4.92 Å². The van der Waals surface area contributed by atoms with Crippen molar-refractivity contribution in [3.63, 3.8) is 0 Å². The minimum absolute atomic E-state index is 0.0427. The Labute approximate surface area is 99.5 Å². The van der Waals surface area contributed by atoms with Crippen LogP contribution in [-0.2, 0) is 16.0 Å². The van der Waals surface area contributed by atoms with E-state index in [2.05, 4.69) is 0 Å². The van der Waals surface area contributed by atoms with Crippen LogP contribution in [0.5, 0.6) is 0 Å². The van der Waals surface area contributed by atoms with Gasteiger partial charge in [-0.1, -0.05) is 12.1 Å². The monoisotopic (exact) mass is 237 g/mol. The van der Waals surface area contributed by atoms with Crippen LogP contribution >= 0.6 is 0 Å². The molecule has 0 saturated heterocycles. The third-order valence-corrected chi connectivity index (χ3v) is 2.17. The van der Waals surface area contributed by atoms with Crippen molar-refractivity contribution in [1.82, 2.24) is 0 Å². The molecule has 0 saturated carbocycles. The molecule has 0 aromatic heterocycles. The highest BCUT2D eigenvalue weighted by molar-refractivity contribution is 5.66. The van der Waals surface area contributed by atoms with Crippen LogP contribution in [0.4, 0.5) is 5.69 Å². The summed E-state index contributed by atoms with van der Waals surface area (Å²) < 4.78 is 5.13. The highest BCUT2D eigenvalue weighted by atomic mass is 16.6. The van der Waals surface area contributed by atoms with E-state index in [-0.39, 0.29) is 11.7 Å². The fraction of sp³-hybridized carbons (Fsp3) is 0.417. The number of esters is 1. The fourth-order valence-corrected chi connectivity index (χ4v) is 1.70. The highest BCUT2D eigenvalue weighted by Gasteiger charge is 2.22. The summed E-state index contributed by atoms with van der Waals surface area (Å²) in [5.41, 5.74) is 0.146. The van der Waals surface area contributed by atoms with E-state index in [0.717, 1.165) is 5.56 Å². The van der Waals surface area contributed by atoms with Crippen LogP contribution in [0.3, 0.4) is 0 Å². The molecule has 0 atom stereocenters. The van der Waals surface area contributed by atoms with E-state index in [1.807, 2.05) is 0 Å². The van der Waals surface area contributed by atoms with Gasteiger partial charge in [-0.2, -0.15) is 0 Å². The van der Waals surface area contributed by atoms with Crippen LogP contribution in [0.15, 0.2) is 24.3 Å². The number of nitrogens with zero attached hydrogens (tertiary/aromatic N) is 1. The van der Waals surface area contributed by atoms with Gasteiger partial charge in [0.15, 0.2) is 0 Å². The second-order valence-corrected chi connectivity index (χ2v) is 4.46. The van der Waals surface area contributed by atoms with Crippen molar-refractivity contribution in [2.45, 2.75) is 32.8 Å². The number of benzene rings is 1. The minimum Gasteiger partial charge on any atom is -0.460 e. The SMILES string of the molecule is CC(=O)OC(C)(C)Cc1cccc([N+](=O)[O-])c1. The average Bonchev–Trinajstić information content (AvgIpc) is 2.14. The maximum Gasteiger partial charge on any atom is 0.303 e. The van der Waals surface area contributed by atoms with Gasteiger partial charge < -0.3 is 4.74 Å². The molecule has 1 rings (SSSR count). The summed E-state index contributed by atoms with van der Waals surface area (Å²) in [7, 11) is 0. The summed E-state index contributed by atoms with van der Waals surface area (Å²) in [5, 5.41) is 10.6. The standard InChI is InChI=1S/C12H15NO4/c1-9(14)17-12(2,3)8-10-5-4-6-11(7-10)13(15)16/h4-7H,8H2,1-3H3. The Morgan fingerprint density at radius 2 is 2.12 bits per heavy atom. The van der Waals surface area contributed by atoms with Crippen LogP contribution in [-0.4, -0.2) is 16.5 Å². The lowest BCUT2D eigenvalue weighted by Crippen LogP contribution is -2.29. The molecule has 0 unspecified atom stereocenters. The van der Waals surface area contributed by atoms with Gasteiger partial charge in [-0.25, -0.2) is 0 Å². The summed E-state index contributed by atoms with van der Waals surface area (Å²) in [5.74, 6) is -0.361. The fourth-order valence-electron chi connectivity index (χ4n) is 1.70. The number of carbonyl (C=O) groups excluding carboxylic acids is 1. The van der Waals surface area contributed by atoms with E-state index in [1.165, 1.54) is 19.1 Å². The van der Waals surface area contributed by atoms with E-state index in [9.17, 15) is 14.9 Å². The second-order valence-electron chi connectivity index (χ2n) is 4.46. The molecule has 17 heavy (non-hydrogen) atoms. The maximum atomic E-state index is 10.9. The Morgan fingerprint density at radius 3 is 2.65 bits per heavy atom. The molecule has 0 fully saturated rings. The molecule has 0 aliphatic rings. The first kappa shape index (κ1) is 13.2. The molecule has 0 heterocycles. The van der Waals surface area contributed by atoms with Gasteiger partial charge in [0.25, 0.3) is 5.69 Å². The van der Waals surface area contributed by atoms with Crippen molar-refractivity contribution in [3.05, 3.63) is 39.9 Å². The second kappa shape index (κ2) is 4.95. The summed E-state index contributed by atoms with van der Waals surface area (Å²) in [6.45, 7) is 4.88. The number of carbonyl (C=O) groups is 1. The normalized spacial score (nSPS) is 11.0. The van der Waals surface area contributed by atoms with Crippen molar-refractivity contribution in [1.29, 1.82) is 0 Å². The summed E-state index contributed by atoms with van der Waals surface area (Å²) in [4.78, 5) is 21.1. The zero-order valence-corrected chi connectivity index (χ0v) is 10.1. The number of non-ortho nitro benzene ring substituents is 1. The van der Waals surface area contributed by atoms with Gasteiger partial charge in [0.1, 0.15) is 5.60 Å². The van der Waals surface area contributed by atoms with E-state index < -0.39 is 10.5 Å². The average molecular weight is 237 g/mol. The summed E-state index contributed by atoms with van der Waals surface area (Å²) in [6.07, 6.45) is 0.439. The third-order valence-electron chi connectivity index (χ3n) is 2.17. The summed E-state index contributed by atoms with van der Waals surface area (Å²) >= 11 is 0. The lowest BCUT2D eigenvalue weighted by molar-refractivity contribution is -0.384. The zero-order chi connectivity index (χ0) is 13.1. The number of hydrogen-bond donors (Lipinski definition) is 0. The maximum absolute atomic E-state index is 10.9. The van der Waals surface area contributed by atoms with Crippen molar-refractivity contribution in [3.8, 4) is 0 Å². The quantitative estimate of drug-likeness (QED) is 0.458. The number of nitro groups is 1. The highest BCUT2D eigenvalue weighted by Crippen LogP contribution is 2.20. The molecule has 92 valence electrons. The minimum atomic E-state index is -0.666. The zero-order valence-electron chi connectivity index (χ0n) is 10.1. The van der Waals surface area contributed by atoms with Crippen LogP contribution in [0.2, 0.25) is 0 Å². The molecule has 0 N–H and O–H groups in total. The smallest absolute Gasteiger partial charge is 0.303 e. The molecule has 0 aliphatic heterocycles. The van der Waals surface area contributed by atoms with Crippen LogP contribution in [0.25, 0.3) is 0 Å². The Morgan fingerprint density at radius 1 is 1.47 bits per heavy atom. The number of ether oxygens (including phenoxy) is 1. The number of nitro benzene ring substituents is 1. The van der Waals surface area contributed by atoms with Crippen LogP contribution in [0, 0.1) is 10.1 Å². The molecular formula is C12H15NO4. The molecule has 1 aromatic carbocycles. The third kappa shape index (κ3) is 4.22. The molecule has 0 spiro atoms. The molecule has 1 aromatic rings. The molecule has 0 amide bonds. The van der Waals surface area contributed by atoms with Crippen molar-refractivity contribution >= 4 is 11.7 Å².